The Balaban J connectivity index is 1.85. The van der Waals surface area contributed by atoms with Crippen LogP contribution in [0.4, 0.5) is 0 Å². The monoisotopic (exact) mass is 345 g/mol. The molecule has 0 aromatic heterocycles. The van der Waals surface area contributed by atoms with E-state index >= 15 is 0 Å². The van der Waals surface area contributed by atoms with Gasteiger partial charge in [-0.05, 0) is 25.1 Å². The number of hydrogen-bond donors (Lipinski definition) is 1. The predicted molar refractivity (Wildman–Crippen MR) is 89.7 cm³/mol. The first kappa shape index (κ1) is 17.7. The lowest BCUT2D eigenvalue weighted by molar-refractivity contribution is 0.139. The third kappa shape index (κ3) is 4.93. The largest absolute Gasteiger partial charge is 0.304 e. The van der Waals surface area contributed by atoms with Gasteiger partial charge in [-0.15, -0.1) is 0 Å². The molecular weight excluding hydrogens is 322 g/mol. The Labute approximate surface area is 138 Å². The quantitative estimate of drug-likeness (QED) is 0.849. The van der Waals surface area contributed by atoms with E-state index in [0.717, 1.165) is 32.7 Å². The molecule has 124 valence electrons. The van der Waals surface area contributed by atoms with Gasteiger partial charge in [0.05, 0.1) is 5.02 Å². The summed E-state index contributed by atoms with van der Waals surface area (Å²) in [5.74, 6) is 0.251. The maximum atomic E-state index is 12.3. The minimum Gasteiger partial charge on any atom is -0.304 e. The summed E-state index contributed by atoms with van der Waals surface area (Å²) in [5.41, 5.74) is 0. The summed E-state index contributed by atoms with van der Waals surface area (Å²) in [6.45, 7) is 7.60. The summed E-state index contributed by atoms with van der Waals surface area (Å²) in [5, 5.41) is 0.252. The van der Waals surface area contributed by atoms with Crippen molar-refractivity contribution in [3.63, 3.8) is 0 Å². The average molecular weight is 346 g/mol. The molecule has 0 saturated carbocycles. The number of benzene rings is 1. The molecule has 0 radical (unpaired) electrons. The summed E-state index contributed by atoms with van der Waals surface area (Å²) in [6.07, 6.45) is 0. The number of halogens is 1. The second-order valence-corrected chi connectivity index (χ2v) is 8.13. The van der Waals surface area contributed by atoms with Crippen LogP contribution in [0.5, 0.6) is 0 Å². The van der Waals surface area contributed by atoms with Crippen molar-refractivity contribution < 1.29 is 8.42 Å². The van der Waals surface area contributed by atoms with Crippen LogP contribution in [0.3, 0.4) is 0 Å². The molecule has 2 rings (SSSR count). The highest BCUT2D eigenvalue weighted by Gasteiger charge is 2.20. The number of piperazine rings is 1. The third-order valence-electron chi connectivity index (χ3n) is 3.91. The first-order chi connectivity index (χ1) is 10.4. The van der Waals surface area contributed by atoms with Gasteiger partial charge in [-0.25, -0.2) is 13.1 Å². The highest BCUT2D eigenvalue weighted by molar-refractivity contribution is 7.89. The van der Waals surface area contributed by atoms with Crippen LogP contribution in [-0.4, -0.2) is 64.5 Å². The summed E-state index contributed by atoms with van der Waals surface area (Å²) < 4.78 is 27.2. The first-order valence-corrected chi connectivity index (χ1v) is 9.39. The topological polar surface area (TPSA) is 52.7 Å². The number of likely N-dealkylation sites (N-methyl/N-ethyl adjacent to an activating group) is 1. The van der Waals surface area contributed by atoms with E-state index in [9.17, 15) is 8.42 Å². The molecule has 1 saturated heterocycles. The van der Waals surface area contributed by atoms with E-state index in [0.29, 0.717) is 6.54 Å². The Morgan fingerprint density at radius 2 is 1.86 bits per heavy atom. The third-order valence-corrected chi connectivity index (χ3v) is 5.84. The molecule has 1 atom stereocenters. The molecule has 1 heterocycles. The lowest BCUT2D eigenvalue weighted by Gasteiger charge is -2.33. The van der Waals surface area contributed by atoms with Crippen LogP contribution < -0.4 is 4.72 Å². The van der Waals surface area contributed by atoms with Crippen LogP contribution in [0.15, 0.2) is 29.2 Å². The summed E-state index contributed by atoms with van der Waals surface area (Å²) >= 11 is 5.96. The number of rotatable bonds is 6. The molecule has 1 fully saturated rings. The second-order valence-electron chi connectivity index (χ2n) is 5.99. The Bertz CT molecular complexity index is 586. The van der Waals surface area contributed by atoms with Gasteiger partial charge in [-0.1, -0.05) is 30.7 Å². The molecule has 0 bridgehead atoms. The maximum Gasteiger partial charge on any atom is 0.242 e. The van der Waals surface area contributed by atoms with E-state index in [1.165, 1.54) is 6.07 Å². The summed E-state index contributed by atoms with van der Waals surface area (Å²) in [6, 6.07) is 6.50. The van der Waals surface area contributed by atoms with Crippen molar-refractivity contribution in [3.05, 3.63) is 29.3 Å². The normalized spacial score (nSPS) is 19.2. The van der Waals surface area contributed by atoms with E-state index in [4.69, 9.17) is 11.6 Å². The lowest BCUT2D eigenvalue weighted by atomic mass is 10.1. The van der Waals surface area contributed by atoms with Gasteiger partial charge in [-0.2, -0.15) is 0 Å². The molecule has 1 N–H and O–H groups in total. The number of sulfonamides is 1. The highest BCUT2D eigenvalue weighted by atomic mass is 35.5. The summed E-state index contributed by atoms with van der Waals surface area (Å²) in [7, 11) is -1.42. The molecular formula is C15H24ClN3O2S. The van der Waals surface area contributed by atoms with Crippen molar-refractivity contribution in [1.29, 1.82) is 0 Å². The van der Waals surface area contributed by atoms with Crippen molar-refractivity contribution in [3.8, 4) is 0 Å². The fraction of sp³-hybridized carbons (Fsp3) is 0.600. The van der Waals surface area contributed by atoms with Crippen LogP contribution in [0.1, 0.15) is 6.92 Å². The van der Waals surface area contributed by atoms with E-state index in [1.54, 1.807) is 18.2 Å². The minimum absolute atomic E-state index is 0.142. The van der Waals surface area contributed by atoms with Gasteiger partial charge in [0.15, 0.2) is 0 Å². The second kappa shape index (κ2) is 7.75. The van der Waals surface area contributed by atoms with Gasteiger partial charge in [0.1, 0.15) is 4.90 Å². The number of nitrogens with one attached hydrogen (secondary N) is 1. The van der Waals surface area contributed by atoms with Crippen LogP contribution in [0.2, 0.25) is 5.02 Å². The van der Waals surface area contributed by atoms with E-state index in [1.807, 2.05) is 0 Å². The Morgan fingerprint density at radius 3 is 2.50 bits per heavy atom. The predicted octanol–water partition coefficient (Wildman–Crippen LogP) is 1.50. The van der Waals surface area contributed by atoms with E-state index in [2.05, 4.69) is 28.5 Å². The first-order valence-electron chi connectivity index (χ1n) is 7.53. The zero-order valence-electron chi connectivity index (χ0n) is 13.1. The van der Waals surface area contributed by atoms with E-state index < -0.39 is 10.0 Å². The number of nitrogens with zero attached hydrogens (tertiary/aromatic N) is 2. The van der Waals surface area contributed by atoms with Crippen LogP contribution in [0.25, 0.3) is 0 Å². The van der Waals surface area contributed by atoms with Gasteiger partial charge < -0.3 is 9.80 Å². The molecule has 1 aromatic carbocycles. The molecule has 1 aliphatic rings. The van der Waals surface area contributed by atoms with Gasteiger partial charge in [0.25, 0.3) is 0 Å². The molecule has 7 heteroatoms. The van der Waals surface area contributed by atoms with Crippen molar-refractivity contribution in [2.45, 2.75) is 11.8 Å². The molecule has 22 heavy (non-hydrogen) atoms. The fourth-order valence-electron chi connectivity index (χ4n) is 2.53. The average Bonchev–Trinajstić information content (AvgIpc) is 2.48. The molecule has 0 aliphatic carbocycles. The van der Waals surface area contributed by atoms with Crippen LogP contribution >= 0.6 is 11.6 Å². The molecule has 0 unspecified atom stereocenters. The Morgan fingerprint density at radius 1 is 1.23 bits per heavy atom. The van der Waals surface area contributed by atoms with Crippen LogP contribution in [-0.2, 0) is 10.0 Å². The summed E-state index contributed by atoms with van der Waals surface area (Å²) in [4.78, 5) is 4.83. The number of hydrogen-bond acceptors (Lipinski definition) is 4. The zero-order chi connectivity index (χ0) is 16.2. The molecule has 5 nitrogen and oxygen atoms in total. The molecule has 0 amide bonds. The fourth-order valence-corrected chi connectivity index (χ4v) is 4.21. The van der Waals surface area contributed by atoms with Gasteiger partial charge >= 0.3 is 0 Å². The SMILES string of the molecule is C[C@H](CNS(=O)(=O)c1ccccc1Cl)CN1CCN(C)CC1. The maximum absolute atomic E-state index is 12.3. The minimum atomic E-state index is -3.54. The molecule has 1 aromatic rings. The van der Waals surface area contributed by atoms with Crippen LogP contribution in [0, 0.1) is 5.92 Å². The van der Waals surface area contributed by atoms with Gasteiger partial charge in [0.2, 0.25) is 10.0 Å². The van der Waals surface area contributed by atoms with E-state index in [-0.39, 0.29) is 15.8 Å². The van der Waals surface area contributed by atoms with Crippen molar-refractivity contribution in [2.24, 2.45) is 5.92 Å². The molecule has 1 aliphatic heterocycles. The Hall–Kier alpha value is -0.660. The van der Waals surface area contributed by atoms with Crippen molar-refractivity contribution >= 4 is 21.6 Å². The van der Waals surface area contributed by atoms with Crippen molar-refractivity contribution in [1.82, 2.24) is 14.5 Å². The zero-order valence-corrected chi connectivity index (χ0v) is 14.7. The van der Waals surface area contributed by atoms with Crippen molar-refractivity contribution in [2.75, 3.05) is 46.3 Å². The van der Waals surface area contributed by atoms with Gasteiger partial charge in [0, 0.05) is 39.3 Å². The highest BCUT2D eigenvalue weighted by Crippen LogP contribution is 2.20. The Kier molecular flexibility index (Phi) is 6.23. The molecule has 0 spiro atoms. The standard InChI is InChI=1S/C15H24ClN3O2S/c1-13(12-19-9-7-18(2)8-10-19)11-17-22(20,21)15-6-4-3-5-14(15)16/h3-6,13,17H,7-12H2,1-2H3/t13-/m1/s1. The lowest BCUT2D eigenvalue weighted by Crippen LogP contribution is -2.46. The van der Waals surface area contributed by atoms with Gasteiger partial charge in [-0.3, -0.25) is 0 Å². The smallest absolute Gasteiger partial charge is 0.242 e.